The molecule has 0 saturated carbocycles. The maximum Gasteiger partial charge on any atom is 0.313 e. The number of rotatable bonds is 10. The number of cyclic esters (lactones) is 1. The van der Waals surface area contributed by atoms with Gasteiger partial charge in [-0.15, -0.1) is 0 Å². The molecule has 4 aliphatic heterocycles. The van der Waals surface area contributed by atoms with Crippen LogP contribution in [-0.2, 0) is 23.9 Å². The van der Waals surface area contributed by atoms with Crippen LogP contribution in [0.25, 0.3) is 0 Å². The Morgan fingerprint density at radius 1 is 0.972 bits per heavy atom. The third-order valence-corrected chi connectivity index (χ3v) is 8.31. The molecule has 4 rings (SSSR count). The number of fused-ring (bicyclic) bond motifs is 2. The molecule has 0 radical (unpaired) electrons. The maximum atomic E-state index is 14.1. The molecule has 0 aromatic rings. The van der Waals surface area contributed by atoms with E-state index in [1.165, 1.54) is 0 Å². The quantitative estimate of drug-likeness (QED) is 0.280. The summed E-state index contributed by atoms with van der Waals surface area (Å²) < 4.78 is 12.6. The summed E-state index contributed by atoms with van der Waals surface area (Å²) >= 11 is 0. The third-order valence-electron chi connectivity index (χ3n) is 8.31. The third kappa shape index (κ3) is 4.62. The van der Waals surface area contributed by atoms with E-state index in [1.807, 2.05) is 36.1 Å². The highest BCUT2D eigenvalue weighted by Gasteiger charge is 2.75. The van der Waals surface area contributed by atoms with Gasteiger partial charge in [0, 0.05) is 26.2 Å². The van der Waals surface area contributed by atoms with Crippen LogP contribution >= 0.6 is 0 Å². The van der Waals surface area contributed by atoms with Gasteiger partial charge in [0.15, 0.2) is 0 Å². The first kappa shape index (κ1) is 26.9. The zero-order chi connectivity index (χ0) is 25.8. The molecule has 2 fully saturated rings. The zero-order valence-corrected chi connectivity index (χ0v) is 21.8. The summed E-state index contributed by atoms with van der Waals surface area (Å²) in [6.07, 6.45) is 14.9. The predicted molar refractivity (Wildman–Crippen MR) is 135 cm³/mol. The lowest BCUT2D eigenvalue weighted by molar-refractivity contribution is -0.161. The summed E-state index contributed by atoms with van der Waals surface area (Å²) in [5, 5.41) is 9.20. The monoisotopic (exact) mass is 502 g/mol. The van der Waals surface area contributed by atoms with Crippen molar-refractivity contribution in [3.05, 3.63) is 24.3 Å². The highest BCUT2D eigenvalue weighted by atomic mass is 16.6. The molecule has 5 atom stereocenters. The van der Waals surface area contributed by atoms with E-state index >= 15 is 0 Å². The molecule has 2 saturated heterocycles. The molecule has 1 N–H and O–H groups in total. The Balaban J connectivity index is 1.77. The van der Waals surface area contributed by atoms with Gasteiger partial charge in [-0.1, -0.05) is 51.0 Å². The normalized spacial score (nSPS) is 34.9. The van der Waals surface area contributed by atoms with Gasteiger partial charge in [-0.3, -0.25) is 14.4 Å². The van der Waals surface area contributed by atoms with Crippen molar-refractivity contribution in [2.75, 3.05) is 32.8 Å². The Hall–Kier alpha value is -2.19. The van der Waals surface area contributed by atoms with E-state index < -0.39 is 35.0 Å². The largest absolute Gasteiger partial charge is 0.465 e. The van der Waals surface area contributed by atoms with Crippen molar-refractivity contribution in [2.24, 2.45) is 11.8 Å². The number of aliphatic hydroxyl groups excluding tert-OH is 1. The number of allylic oxidation sites excluding steroid dienone is 1. The lowest BCUT2D eigenvalue weighted by atomic mass is 9.73. The number of hydrogen-bond acceptors (Lipinski definition) is 6. The van der Waals surface area contributed by atoms with Crippen LogP contribution in [0.15, 0.2) is 24.3 Å². The molecule has 200 valence electrons. The van der Waals surface area contributed by atoms with Crippen molar-refractivity contribution in [3.63, 3.8) is 0 Å². The van der Waals surface area contributed by atoms with Gasteiger partial charge in [0.05, 0.1) is 12.5 Å². The molecule has 4 aliphatic rings. The van der Waals surface area contributed by atoms with E-state index in [2.05, 4.69) is 6.92 Å². The lowest BCUT2D eigenvalue weighted by Crippen LogP contribution is -2.56. The van der Waals surface area contributed by atoms with Gasteiger partial charge in [-0.05, 0) is 44.9 Å². The van der Waals surface area contributed by atoms with Gasteiger partial charge in [0.2, 0.25) is 11.8 Å². The first-order valence-corrected chi connectivity index (χ1v) is 13.9. The molecule has 2 amide bonds. The molecule has 0 aromatic heterocycles. The standard InChI is InChI=1S/C28H42N2O6/c1-3-5-9-16-29-17-13-15-28-21(24(32)30(23(28)25(29)33)18-10-7-11-19-31)22-26(34)35-20-12-6-8-14-27(22,4-2)36-28/h8,13-15,21-23,31H,3-7,9-12,16-20H2,1-2H3/b14-8-/t21-,22-,23?,27+,28-/m0/s1. The number of unbranched alkanes of at least 4 members (excludes halogenated alkanes) is 4. The molecule has 0 aromatic carbocycles. The molecule has 8 heteroatoms. The van der Waals surface area contributed by atoms with Crippen molar-refractivity contribution in [3.8, 4) is 0 Å². The molecule has 1 unspecified atom stereocenters. The fraction of sp³-hybridized carbons (Fsp3) is 0.750. The van der Waals surface area contributed by atoms with Gasteiger partial charge in [-0.25, -0.2) is 0 Å². The highest BCUT2D eigenvalue weighted by Crippen LogP contribution is 2.58. The molecular weight excluding hydrogens is 460 g/mol. The summed E-state index contributed by atoms with van der Waals surface area (Å²) in [5.74, 6) is -2.35. The Labute approximate surface area is 214 Å². The molecule has 36 heavy (non-hydrogen) atoms. The van der Waals surface area contributed by atoms with Crippen molar-refractivity contribution in [1.82, 2.24) is 9.80 Å². The average molecular weight is 503 g/mol. The molecule has 0 aliphatic carbocycles. The first-order chi connectivity index (χ1) is 17.5. The van der Waals surface area contributed by atoms with Crippen LogP contribution in [0.2, 0.25) is 0 Å². The topological polar surface area (TPSA) is 96.4 Å². The maximum absolute atomic E-state index is 14.1. The number of aliphatic hydroxyl groups is 1. The van der Waals surface area contributed by atoms with Crippen LogP contribution in [-0.4, -0.2) is 82.8 Å². The number of amides is 2. The number of hydrogen-bond donors (Lipinski definition) is 1. The summed E-state index contributed by atoms with van der Waals surface area (Å²) in [5.41, 5.74) is -2.21. The van der Waals surface area contributed by atoms with Gasteiger partial charge in [0.1, 0.15) is 23.2 Å². The van der Waals surface area contributed by atoms with Crippen LogP contribution in [0.1, 0.15) is 71.6 Å². The van der Waals surface area contributed by atoms with Crippen LogP contribution in [0, 0.1) is 11.8 Å². The smallest absolute Gasteiger partial charge is 0.313 e. The lowest BCUT2D eigenvalue weighted by Gasteiger charge is -2.38. The second-order valence-electron chi connectivity index (χ2n) is 10.5. The minimum absolute atomic E-state index is 0.0964. The van der Waals surface area contributed by atoms with Gasteiger partial charge in [0.25, 0.3) is 0 Å². The van der Waals surface area contributed by atoms with E-state index in [4.69, 9.17) is 9.47 Å². The SMILES string of the molecule is CCCCCN1CC=C[C@]23O[C@]4(CC)/C=C\CCCOC(=O)[C@@H]4[C@H]2C(=O)N(CCCCCO)C3C1=O. The molecule has 1 spiro atoms. The number of esters is 1. The van der Waals surface area contributed by atoms with Crippen molar-refractivity contribution >= 4 is 17.8 Å². The number of carbonyl (C=O) groups excluding carboxylic acids is 3. The van der Waals surface area contributed by atoms with Crippen molar-refractivity contribution in [2.45, 2.75) is 88.9 Å². The first-order valence-electron chi connectivity index (χ1n) is 13.9. The van der Waals surface area contributed by atoms with E-state index in [1.54, 1.807) is 4.90 Å². The number of ether oxygens (including phenoxy) is 2. The number of carbonyl (C=O) groups is 3. The van der Waals surface area contributed by atoms with Crippen molar-refractivity contribution < 1.29 is 29.0 Å². The second-order valence-corrected chi connectivity index (χ2v) is 10.5. The van der Waals surface area contributed by atoms with E-state index in [-0.39, 0.29) is 18.4 Å². The number of likely N-dealkylation sites (tertiary alicyclic amines) is 1. The average Bonchev–Trinajstić information content (AvgIpc) is 3.25. The highest BCUT2D eigenvalue weighted by molar-refractivity contribution is 5.99. The molecule has 8 nitrogen and oxygen atoms in total. The van der Waals surface area contributed by atoms with Gasteiger partial charge in [-0.2, -0.15) is 0 Å². The minimum Gasteiger partial charge on any atom is -0.465 e. The van der Waals surface area contributed by atoms with E-state index in [0.29, 0.717) is 45.5 Å². The van der Waals surface area contributed by atoms with Crippen LogP contribution in [0.4, 0.5) is 0 Å². The molecule has 0 bridgehead atoms. The van der Waals surface area contributed by atoms with E-state index in [9.17, 15) is 19.5 Å². The summed E-state index contributed by atoms with van der Waals surface area (Å²) in [6.45, 7) is 5.99. The van der Waals surface area contributed by atoms with Crippen LogP contribution < -0.4 is 0 Å². The van der Waals surface area contributed by atoms with Gasteiger partial charge < -0.3 is 24.4 Å². The fourth-order valence-corrected chi connectivity index (χ4v) is 6.49. The Kier molecular flexibility index (Phi) is 8.56. The Bertz CT molecular complexity index is 887. The minimum atomic E-state index is -1.21. The summed E-state index contributed by atoms with van der Waals surface area (Å²) in [4.78, 5) is 45.2. The van der Waals surface area contributed by atoms with Crippen LogP contribution in [0.3, 0.4) is 0 Å². The van der Waals surface area contributed by atoms with Crippen LogP contribution in [0.5, 0.6) is 0 Å². The summed E-state index contributed by atoms with van der Waals surface area (Å²) in [6, 6.07) is -0.815. The van der Waals surface area contributed by atoms with E-state index in [0.717, 1.165) is 38.5 Å². The fourth-order valence-electron chi connectivity index (χ4n) is 6.49. The zero-order valence-electron chi connectivity index (χ0n) is 21.8. The second kappa shape index (κ2) is 11.5. The van der Waals surface area contributed by atoms with Crippen molar-refractivity contribution in [1.29, 1.82) is 0 Å². The number of nitrogens with zero attached hydrogens (tertiary/aromatic N) is 2. The Morgan fingerprint density at radius 3 is 2.53 bits per heavy atom. The van der Waals surface area contributed by atoms with Gasteiger partial charge >= 0.3 is 5.97 Å². The molecular formula is C28H42N2O6. The molecule has 4 heterocycles. The summed E-state index contributed by atoms with van der Waals surface area (Å²) in [7, 11) is 0. The Morgan fingerprint density at radius 2 is 1.78 bits per heavy atom. The predicted octanol–water partition coefficient (Wildman–Crippen LogP) is 2.99.